The maximum Gasteiger partial charge on any atom is 0.229 e. The molecule has 1 aliphatic rings. The van der Waals surface area contributed by atoms with Crippen LogP contribution in [-0.4, -0.2) is 48.2 Å². The molecule has 2 atom stereocenters. The van der Waals surface area contributed by atoms with Gasteiger partial charge in [-0.1, -0.05) is 79.1 Å². The molecule has 1 heterocycles. The van der Waals surface area contributed by atoms with Gasteiger partial charge in [0.25, 0.3) is 0 Å². The molecule has 184 valence electrons. The molecule has 0 saturated carbocycles. The third kappa shape index (κ3) is 7.41. The van der Waals surface area contributed by atoms with E-state index in [2.05, 4.69) is 62.2 Å². The molecule has 1 N–H and O–H groups in total. The molecule has 0 aromatic heterocycles. The Bertz CT molecular complexity index is 1120. The molecule has 1 saturated heterocycles. The topological polar surface area (TPSA) is 76.4 Å². The lowest BCUT2D eigenvalue weighted by Crippen LogP contribution is -2.51. The number of halogens is 1. The van der Waals surface area contributed by atoms with Gasteiger partial charge in [-0.05, 0) is 42.2 Å². The number of aryl methyl sites for hydroxylation is 1. The SMILES string of the molecule is CCCCCC(c1ccc(C#N)c(C)c1)N1CCN(Cc2ccccc2NS(C)(=O)=O)C(I)C1. The van der Waals surface area contributed by atoms with Gasteiger partial charge in [0.05, 0.1) is 27.6 Å². The Labute approximate surface area is 218 Å². The number of rotatable bonds is 10. The number of nitrogens with zero attached hydrogens (tertiary/aromatic N) is 3. The first-order chi connectivity index (χ1) is 16.2. The highest BCUT2D eigenvalue weighted by molar-refractivity contribution is 14.1. The molecule has 0 spiro atoms. The lowest BCUT2D eigenvalue weighted by Gasteiger charge is -2.43. The van der Waals surface area contributed by atoms with Crippen LogP contribution in [0.5, 0.6) is 0 Å². The fourth-order valence-electron chi connectivity index (χ4n) is 4.60. The summed E-state index contributed by atoms with van der Waals surface area (Å²) in [5, 5.41) is 9.33. The van der Waals surface area contributed by atoms with Crippen LogP contribution in [0, 0.1) is 18.3 Å². The minimum atomic E-state index is -3.32. The van der Waals surface area contributed by atoms with Gasteiger partial charge in [-0.2, -0.15) is 5.26 Å². The molecule has 2 aromatic rings. The molecule has 34 heavy (non-hydrogen) atoms. The van der Waals surface area contributed by atoms with Gasteiger partial charge >= 0.3 is 0 Å². The van der Waals surface area contributed by atoms with E-state index in [1.165, 1.54) is 31.1 Å². The van der Waals surface area contributed by atoms with Gasteiger partial charge in [0.15, 0.2) is 0 Å². The Balaban J connectivity index is 1.74. The fraction of sp³-hybridized carbons (Fsp3) is 0.500. The third-order valence-electron chi connectivity index (χ3n) is 6.42. The summed E-state index contributed by atoms with van der Waals surface area (Å²) in [4.78, 5) is 5.01. The predicted molar refractivity (Wildman–Crippen MR) is 147 cm³/mol. The molecule has 2 aromatic carbocycles. The smallest absolute Gasteiger partial charge is 0.229 e. The van der Waals surface area contributed by atoms with Gasteiger partial charge in [0.1, 0.15) is 0 Å². The number of para-hydroxylation sites is 1. The summed E-state index contributed by atoms with van der Waals surface area (Å²) in [6, 6.07) is 16.5. The zero-order chi connectivity index (χ0) is 24.7. The highest BCUT2D eigenvalue weighted by atomic mass is 127. The van der Waals surface area contributed by atoms with Crippen LogP contribution in [0.2, 0.25) is 0 Å². The minimum absolute atomic E-state index is 0.311. The maximum atomic E-state index is 11.8. The van der Waals surface area contributed by atoms with Crippen molar-refractivity contribution in [3.63, 3.8) is 0 Å². The van der Waals surface area contributed by atoms with Crippen LogP contribution in [0.15, 0.2) is 42.5 Å². The van der Waals surface area contributed by atoms with E-state index in [-0.39, 0.29) is 0 Å². The number of benzene rings is 2. The highest BCUT2D eigenvalue weighted by Crippen LogP contribution is 2.32. The van der Waals surface area contributed by atoms with Crippen LogP contribution < -0.4 is 4.72 Å². The zero-order valence-corrected chi connectivity index (χ0v) is 23.3. The number of hydrogen-bond donors (Lipinski definition) is 1. The number of alkyl halides is 1. The first kappa shape index (κ1) is 26.9. The number of nitrogens with one attached hydrogen (secondary N) is 1. The van der Waals surface area contributed by atoms with Gasteiger partial charge < -0.3 is 0 Å². The van der Waals surface area contributed by atoms with Crippen molar-refractivity contribution in [2.45, 2.75) is 56.2 Å². The lowest BCUT2D eigenvalue weighted by molar-refractivity contribution is 0.0793. The Morgan fingerprint density at radius 2 is 1.97 bits per heavy atom. The number of nitriles is 1. The minimum Gasteiger partial charge on any atom is -0.293 e. The normalized spacial score (nSPS) is 18.4. The van der Waals surface area contributed by atoms with Gasteiger partial charge in [-0.3, -0.25) is 14.5 Å². The van der Waals surface area contributed by atoms with Crippen molar-refractivity contribution in [3.05, 3.63) is 64.7 Å². The lowest BCUT2D eigenvalue weighted by atomic mass is 9.95. The summed E-state index contributed by atoms with van der Waals surface area (Å²) < 4.78 is 26.5. The second-order valence-corrected chi connectivity index (χ2v) is 12.3. The van der Waals surface area contributed by atoms with E-state index < -0.39 is 10.0 Å². The second-order valence-electron chi connectivity index (χ2n) is 9.13. The van der Waals surface area contributed by atoms with E-state index in [0.29, 0.717) is 22.3 Å². The molecule has 1 aliphatic heterocycles. The Hall–Kier alpha value is -1.67. The van der Waals surface area contributed by atoms with Gasteiger partial charge in [-0.15, -0.1) is 0 Å². The molecule has 0 bridgehead atoms. The van der Waals surface area contributed by atoms with E-state index in [0.717, 1.165) is 42.7 Å². The van der Waals surface area contributed by atoms with Crippen molar-refractivity contribution in [2.75, 3.05) is 30.6 Å². The van der Waals surface area contributed by atoms with Crippen molar-refractivity contribution in [2.24, 2.45) is 0 Å². The Morgan fingerprint density at radius 1 is 1.21 bits per heavy atom. The van der Waals surface area contributed by atoms with Crippen molar-refractivity contribution in [3.8, 4) is 6.07 Å². The van der Waals surface area contributed by atoms with Crippen LogP contribution in [-0.2, 0) is 16.6 Å². The monoisotopic (exact) mass is 594 g/mol. The van der Waals surface area contributed by atoms with Gasteiger partial charge in [-0.25, -0.2) is 8.42 Å². The van der Waals surface area contributed by atoms with Gasteiger partial charge in [0, 0.05) is 32.2 Å². The molecule has 2 unspecified atom stereocenters. The van der Waals surface area contributed by atoms with Crippen LogP contribution in [0.4, 0.5) is 5.69 Å². The number of anilines is 1. The highest BCUT2D eigenvalue weighted by Gasteiger charge is 2.30. The summed E-state index contributed by atoms with van der Waals surface area (Å²) >= 11 is 2.52. The predicted octanol–water partition coefficient (Wildman–Crippen LogP) is 5.44. The van der Waals surface area contributed by atoms with E-state index in [1.54, 1.807) is 0 Å². The average Bonchev–Trinajstić information content (AvgIpc) is 2.78. The Kier molecular flexibility index (Phi) is 9.77. The van der Waals surface area contributed by atoms with Crippen molar-refractivity contribution < 1.29 is 8.42 Å². The van der Waals surface area contributed by atoms with E-state index in [1.807, 2.05) is 37.3 Å². The summed E-state index contributed by atoms with van der Waals surface area (Å²) in [6.45, 7) is 7.77. The first-order valence-corrected chi connectivity index (χ1v) is 15.0. The van der Waals surface area contributed by atoms with Crippen molar-refractivity contribution >= 4 is 38.3 Å². The van der Waals surface area contributed by atoms with E-state index in [9.17, 15) is 13.7 Å². The molecule has 3 rings (SSSR count). The quantitative estimate of drug-likeness (QED) is 0.172. The number of piperazine rings is 1. The largest absolute Gasteiger partial charge is 0.293 e. The van der Waals surface area contributed by atoms with Crippen LogP contribution in [0.1, 0.15) is 60.9 Å². The molecular weight excluding hydrogens is 559 g/mol. The standard InChI is InChI=1S/C26H35IN4O2S/c1-4-5-6-11-25(21-12-13-22(17-28)20(2)16-21)30-14-15-31(26(27)19-30)18-23-9-7-8-10-24(23)29-34(3,32)33/h7-10,12-13,16,25-26,29H,4-6,11,14-15,18-19H2,1-3H3. The van der Waals surface area contributed by atoms with E-state index >= 15 is 0 Å². The summed E-state index contributed by atoms with van der Waals surface area (Å²) in [6.07, 6.45) is 5.92. The third-order valence-corrected chi connectivity index (χ3v) is 8.19. The average molecular weight is 595 g/mol. The Morgan fingerprint density at radius 3 is 2.62 bits per heavy atom. The zero-order valence-electron chi connectivity index (χ0n) is 20.3. The van der Waals surface area contributed by atoms with Crippen LogP contribution >= 0.6 is 22.6 Å². The summed E-state index contributed by atoms with van der Waals surface area (Å²) in [7, 11) is -3.32. The summed E-state index contributed by atoms with van der Waals surface area (Å²) in [5.74, 6) is 0. The van der Waals surface area contributed by atoms with Crippen LogP contribution in [0.3, 0.4) is 0 Å². The molecule has 0 amide bonds. The van der Waals surface area contributed by atoms with Crippen molar-refractivity contribution in [1.29, 1.82) is 5.26 Å². The first-order valence-electron chi connectivity index (χ1n) is 11.9. The fourth-order valence-corrected chi connectivity index (χ4v) is 6.18. The van der Waals surface area contributed by atoms with Crippen LogP contribution in [0.25, 0.3) is 0 Å². The number of unbranched alkanes of at least 4 members (excludes halogenated alkanes) is 2. The molecule has 8 heteroatoms. The molecule has 6 nitrogen and oxygen atoms in total. The maximum absolute atomic E-state index is 11.8. The van der Waals surface area contributed by atoms with Gasteiger partial charge in [0.2, 0.25) is 10.0 Å². The van der Waals surface area contributed by atoms with E-state index in [4.69, 9.17) is 0 Å². The number of sulfonamides is 1. The molecule has 0 radical (unpaired) electrons. The molecule has 0 aliphatic carbocycles. The molecular formula is C26H35IN4O2S. The molecule has 1 fully saturated rings. The number of hydrogen-bond acceptors (Lipinski definition) is 5. The van der Waals surface area contributed by atoms with Crippen molar-refractivity contribution in [1.82, 2.24) is 9.80 Å². The second kappa shape index (κ2) is 12.3. The summed E-state index contributed by atoms with van der Waals surface area (Å²) in [5.41, 5.74) is 4.73.